The molecule has 0 heterocycles. The van der Waals surface area contributed by atoms with Crippen LogP contribution in [0.25, 0.3) is 0 Å². The summed E-state index contributed by atoms with van der Waals surface area (Å²) in [6, 6.07) is 6.54. The normalized spacial score (nSPS) is 9.73. The first-order chi connectivity index (χ1) is 10.6. The Bertz CT molecular complexity index is 530. The van der Waals surface area contributed by atoms with Crippen LogP contribution in [0, 0.1) is 0 Å². The quantitative estimate of drug-likeness (QED) is 0.682. The van der Waals surface area contributed by atoms with Crippen LogP contribution in [0.15, 0.2) is 24.3 Å². The molecule has 1 rings (SSSR count). The molecule has 7 heteroatoms. The summed E-state index contributed by atoms with van der Waals surface area (Å²) in [5.41, 5.74) is 0.235. The number of carbonyl (C=O) groups is 3. The van der Waals surface area contributed by atoms with Gasteiger partial charge >= 0.3 is 5.97 Å². The minimum Gasteiger partial charge on any atom is -0.496 e. The van der Waals surface area contributed by atoms with Crippen molar-refractivity contribution in [2.24, 2.45) is 0 Å². The van der Waals surface area contributed by atoms with Gasteiger partial charge in [0.25, 0.3) is 5.91 Å². The number of methoxy groups -OCH3 is 1. The second kappa shape index (κ2) is 9.38. The van der Waals surface area contributed by atoms with Crippen LogP contribution in [0.2, 0.25) is 0 Å². The number of hydrogen-bond donors (Lipinski definition) is 2. The van der Waals surface area contributed by atoms with Crippen LogP contribution >= 0.6 is 0 Å². The molecule has 2 N–H and O–H groups in total. The van der Waals surface area contributed by atoms with E-state index in [4.69, 9.17) is 9.47 Å². The minimum atomic E-state index is -0.664. The molecule has 0 spiro atoms. The predicted octanol–water partition coefficient (Wildman–Crippen LogP) is 0.494. The first-order valence-corrected chi connectivity index (χ1v) is 6.92. The Morgan fingerprint density at radius 2 is 1.82 bits per heavy atom. The number of hydrogen-bond acceptors (Lipinski definition) is 5. The summed E-state index contributed by atoms with van der Waals surface area (Å²) >= 11 is 0. The molecule has 0 fully saturated rings. The van der Waals surface area contributed by atoms with E-state index in [0.717, 1.165) is 6.42 Å². The minimum absolute atomic E-state index is 0.148. The van der Waals surface area contributed by atoms with Crippen molar-refractivity contribution < 1.29 is 23.9 Å². The fourth-order valence-corrected chi connectivity index (χ4v) is 1.58. The number of nitrogens with one attached hydrogen (secondary N) is 2. The molecule has 2 amide bonds. The summed E-state index contributed by atoms with van der Waals surface area (Å²) < 4.78 is 9.92. The molecular weight excluding hydrogens is 288 g/mol. The highest BCUT2D eigenvalue weighted by atomic mass is 16.5. The van der Waals surface area contributed by atoms with E-state index < -0.39 is 18.5 Å². The Kier molecular flexibility index (Phi) is 7.45. The fraction of sp³-hybridized carbons (Fsp3) is 0.400. The van der Waals surface area contributed by atoms with E-state index in [-0.39, 0.29) is 18.0 Å². The number of ether oxygens (including phenoxy) is 2. The average Bonchev–Trinajstić information content (AvgIpc) is 2.55. The van der Waals surface area contributed by atoms with Gasteiger partial charge in [0.2, 0.25) is 5.91 Å². The van der Waals surface area contributed by atoms with Gasteiger partial charge in [0.1, 0.15) is 11.3 Å². The molecule has 0 radical (unpaired) electrons. The van der Waals surface area contributed by atoms with Crippen molar-refractivity contribution in [3.05, 3.63) is 29.8 Å². The van der Waals surface area contributed by atoms with Crippen LogP contribution in [0.5, 0.6) is 5.75 Å². The molecule has 1 aromatic rings. The van der Waals surface area contributed by atoms with Crippen molar-refractivity contribution in [3.63, 3.8) is 0 Å². The third-order valence-electron chi connectivity index (χ3n) is 2.68. The summed E-state index contributed by atoms with van der Waals surface area (Å²) in [7, 11) is 1.44. The summed E-state index contributed by atoms with van der Waals surface area (Å²) in [5, 5.41) is 4.98. The van der Waals surface area contributed by atoms with Gasteiger partial charge in [-0.05, 0) is 18.6 Å². The molecule has 0 atom stereocenters. The van der Waals surface area contributed by atoms with Crippen molar-refractivity contribution in [1.82, 2.24) is 10.6 Å². The van der Waals surface area contributed by atoms with E-state index in [1.807, 2.05) is 6.92 Å². The Hall–Kier alpha value is -2.57. The molecule has 22 heavy (non-hydrogen) atoms. The summed E-state index contributed by atoms with van der Waals surface area (Å²) in [4.78, 5) is 34.7. The van der Waals surface area contributed by atoms with Crippen LogP contribution < -0.4 is 15.4 Å². The van der Waals surface area contributed by atoms with Crippen molar-refractivity contribution in [2.45, 2.75) is 13.3 Å². The smallest absolute Gasteiger partial charge is 0.342 e. The van der Waals surface area contributed by atoms with Gasteiger partial charge in [0.15, 0.2) is 6.61 Å². The van der Waals surface area contributed by atoms with Gasteiger partial charge < -0.3 is 20.1 Å². The SMILES string of the molecule is CCCNC(=O)CNC(=O)COC(=O)c1ccccc1OC. The Labute approximate surface area is 129 Å². The number of para-hydroxylation sites is 1. The molecule has 1 aromatic carbocycles. The van der Waals surface area contributed by atoms with Crippen LogP contribution in [0.3, 0.4) is 0 Å². The largest absolute Gasteiger partial charge is 0.496 e. The first kappa shape index (κ1) is 17.5. The highest BCUT2D eigenvalue weighted by Gasteiger charge is 2.14. The Morgan fingerprint density at radius 1 is 1.09 bits per heavy atom. The molecule has 0 aliphatic carbocycles. The van der Waals surface area contributed by atoms with Gasteiger partial charge in [0.05, 0.1) is 13.7 Å². The van der Waals surface area contributed by atoms with Crippen LogP contribution in [-0.4, -0.2) is 44.6 Å². The van der Waals surface area contributed by atoms with E-state index in [9.17, 15) is 14.4 Å². The molecule has 0 aliphatic heterocycles. The monoisotopic (exact) mass is 308 g/mol. The third kappa shape index (κ3) is 5.82. The molecule has 0 unspecified atom stereocenters. The van der Waals surface area contributed by atoms with Crippen LogP contribution in [-0.2, 0) is 14.3 Å². The van der Waals surface area contributed by atoms with Gasteiger partial charge in [-0.15, -0.1) is 0 Å². The van der Waals surface area contributed by atoms with Crippen molar-refractivity contribution in [3.8, 4) is 5.75 Å². The molecule has 120 valence electrons. The number of amides is 2. The maximum atomic E-state index is 11.8. The molecule has 7 nitrogen and oxygen atoms in total. The topological polar surface area (TPSA) is 93.7 Å². The van der Waals surface area contributed by atoms with Crippen molar-refractivity contribution in [1.29, 1.82) is 0 Å². The average molecular weight is 308 g/mol. The predicted molar refractivity (Wildman–Crippen MR) is 79.6 cm³/mol. The van der Waals surface area contributed by atoms with E-state index >= 15 is 0 Å². The van der Waals surface area contributed by atoms with E-state index in [1.165, 1.54) is 13.2 Å². The maximum Gasteiger partial charge on any atom is 0.342 e. The Balaban J connectivity index is 2.37. The molecule has 0 bridgehead atoms. The van der Waals surface area contributed by atoms with Gasteiger partial charge in [-0.3, -0.25) is 9.59 Å². The molecule has 0 saturated carbocycles. The molecule has 0 aromatic heterocycles. The van der Waals surface area contributed by atoms with E-state index in [1.54, 1.807) is 18.2 Å². The first-order valence-electron chi connectivity index (χ1n) is 6.92. The molecular formula is C15H20N2O5. The lowest BCUT2D eigenvalue weighted by molar-refractivity contribution is -0.127. The zero-order valence-corrected chi connectivity index (χ0v) is 12.7. The summed E-state index contributed by atoms with van der Waals surface area (Å²) in [6.45, 7) is 1.87. The maximum absolute atomic E-state index is 11.8. The lowest BCUT2D eigenvalue weighted by Gasteiger charge is -2.09. The van der Waals surface area contributed by atoms with Crippen molar-refractivity contribution >= 4 is 17.8 Å². The number of rotatable bonds is 8. The van der Waals surface area contributed by atoms with E-state index in [0.29, 0.717) is 12.3 Å². The summed E-state index contributed by atoms with van der Waals surface area (Å²) in [5.74, 6) is -1.13. The van der Waals surface area contributed by atoms with Crippen LogP contribution in [0.1, 0.15) is 23.7 Å². The zero-order valence-electron chi connectivity index (χ0n) is 12.7. The van der Waals surface area contributed by atoms with Crippen LogP contribution in [0.4, 0.5) is 0 Å². The van der Waals surface area contributed by atoms with Crippen molar-refractivity contribution in [2.75, 3.05) is 26.8 Å². The number of carbonyl (C=O) groups excluding carboxylic acids is 3. The zero-order chi connectivity index (χ0) is 16.4. The molecule has 0 saturated heterocycles. The van der Waals surface area contributed by atoms with Gasteiger partial charge in [0, 0.05) is 6.54 Å². The summed E-state index contributed by atoms with van der Waals surface area (Å²) in [6.07, 6.45) is 0.816. The van der Waals surface area contributed by atoms with Gasteiger partial charge in [-0.2, -0.15) is 0 Å². The number of benzene rings is 1. The van der Waals surface area contributed by atoms with Gasteiger partial charge in [-0.1, -0.05) is 19.1 Å². The fourth-order valence-electron chi connectivity index (χ4n) is 1.58. The third-order valence-corrected chi connectivity index (χ3v) is 2.68. The highest BCUT2D eigenvalue weighted by Crippen LogP contribution is 2.17. The highest BCUT2D eigenvalue weighted by molar-refractivity contribution is 5.94. The Morgan fingerprint density at radius 3 is 2.50 bits per heavy atom. The van der Waals surface area contributed by atoms with Gasteiger partial charge in [-0.25, -0.2) is 4.79 Å². The van der Waals surface area contributed by atoms with E-state index in [2.05, 4.69) is 10.6 Å². The second-order valence-corrected chi connectivity index (χ2v) is 4.40. The number of esters is 1. The standard InChI is InChI=1S/C15H20N2O5/c1-3-8-16-13(18)9-17-14(19)10-22-15(20)11-6-4-5-7-12(11)21-2/h4-7H,3,8-10H2,1-2H3,(H,16,18)(H,17,19). The lowest BCUT2D eigenvalue weighted by Crippen LogP contribution is -2.38. The molecule has 0 aliphatic rings. The lowest BCUT2D eigenvalue weighted by atomic mass is 10.2. The second-order valence-electron chi connectivity index (χ2n) is 4.40.